The number of phosphoric ester groups is 1. The molecule has 2 unspecified atom stereocenters. The first-order valence-corrected chi connectivity index (χ1v) is 28.3. The number of aliphatic carboxylic acids is 1. The fourth-order valence-electron chi connectivity index (χ4n) is 7.58. The van der Waals surface area contributed by atoms with Gasteiger partial charge in [0.2, 0.25) is 5.91 Å². The molecule has 0 aromatic rings. The predicted molar refractivity (Wildman–Crippen MR) is 268 cm³/mol. The van der Waals surface area contributed by atoms with Crippen molar-refractivity contribution in [3.63, 3.8) is 0 Å². The maximum atomic E-state index is 12.8. The number of carbonyl (C=O) groups excluding carboxylic acids is 3. The third kappa shape index (κ3) is 53.7. The summed E-state index contributed by atoms with van der Waals surface area (Å²) in [5.74, 6) is -1.84. The molecule has 0 aliphatic heterocycles. The van der Waals surface area contributed by atoms with Crippen LogP contribution in [0.15, 0.2) is 24.3 Å². The van der Waals surface area contributed by atoms with Crippen LogP contribution in [0.1, 0.15) is 258 Å². The summed E-state index contributed by atoms with van der Waals surface area (Å²) in [6.07, 6.45) is 46.4. The first-order chi connectivity index (χ1) is 32.1. The molecule has 0 aliphatic rings. The minimum atomic E-state index is -4.57. The molecule has 0 fully saturated rings. The van der Waals surface area contributed by atoms with E-state index in [0.717, 1.165) is 122 Å². The molecule has 0 aliphatic carbocycles. The zero-order valence-corrected chi connectivity index (χ0v) is 46.0. The molecule has 1 amide bonds. The van der Waals surface area contributed by atoms with E-state index in [2.05, 4.69) is 43.5 Å². The van der Waals surface area contributed by atoms with Crippen molar-refractivity contribution in [2.75, 3.05) is 26.4 Å². The van der Waals surface area contributed by atoms with Crippen molar-refractivity contribution < 1.29 is 81.8 Å². The molecule has 0 saturated heterocycles. The van der Waals surface area contributed by atoms with Gasteiger partial charge in [-0.25, -0.2) is 4.57 Å². The Kier molecular flexibility index (Phi) is 52.7. The van der Waals surface area contributed by atoms with Crippen molar-refractivity contribution in [3.05, 3.63) is 24.3 Å². The monoisotopic (exact) mass is 979 g/mol. The normalized spacial score (nSPS) is 12.8. The molecule has 0 saturated carbocycles. The Morgan fingerprint density at radius 3 is 1.30 bits per heavy atom. The maximum absolute atomic E-state index is 12.8. The molecule has 3 N–H and O–H groups in total. The van der Waals surface area contributed by atoms with E-state index in [1.54, 1.807) is 0 Å². The first kappa shape index (κ1) is 67.5. The van der Waals surface area contributed by atoms with Gasteiger partial charge in [0.15, 0.2) is 6.10 Å². The fraction of sp³-hybridized carbons (Fsp3) is 0.849. The van der Waals surface area contributed by atoms with Crippen LogP contribution in [0.4, 0.5) is 0 Å². The number of carbonyl (C=O) groups is 4. The third-order valence-electron chi connectivity index (χ3n) is 11.7. The average molecular weight is 979 g/mol. The summed E-state index contributed by atoms with van der Waals surface area (Å²) >= 11 is 0. The number of allylic oxidation sites excluding steroid dienone is 4. The summed E-state index contributed by atoms with van der Waals surface area (Å²) in [4.78, 5) is 58.5. The van der Waals surface area contributed by atoms with Crippen LogP contribution in [-0.2, 0) is 42.3 Å². The van der Waals surface area contributed by atoms with Crippen LogP contribution in [0.2, 0.25) is 0 Å². The maximum Gasteiger partial charge on any atom is 1.00 e. The zero-order valence-electron chi connectivity index (χ0n) is 43.1. The quantitative estimate of drug-likeness (QED) is 0.0174. The average Bonchev–Trinajstić information content (AvgIpc) is 3.29. The van der Waals surface area contributed by atoms with Crippen LogP contribution in [0.3, 0.4) is 0 Å². The second kappa shape index (κ2) is 52.3. The second-order valence-corrected chi connectivity index (χ2v) is 19.6. The molecule has 0 radical (unpaired) electrons. The Bertz CT molecular complexity index is 1270. The number of esters is 2. The van der Waals surface area contributed by atoms with Gasteiger partial charge in [0, 0.05) is 32.2 Å². The second-order valence-electron chi connectivity index (χ2n) is 18.1. The summed E-state index contributed by atoms with van der Waals surface area (Å²) < 4.78 is 33.9. The topological polar surface area (TPSA) is 175 Å². The summed E-state index contributed by atoms with van der Waals surface area (Å²) in [5, 5.41) is 11.4. The number of hydrogen-bond donors (Lipinski definition) is 3. The minimum absolute atomic E-state index is 0. The molecule has 386 valence electrons. The molecule has 0 heterocycles. The van der Waals surface area contributed by atoms with Gasteiger partial charge in [0.05, 0.1) is 13.2 Å². The van der Waals surface area contributed by atoms with Crippen molar-refractivity contribution in [1.82, 2.24) is 5.32 Å². The standard InChI is InChI=1S/C53H98NO11P.Na/c1-3-5-7-9-11-13-15-17-19-21-23-25-31-35-39-43-52(58)62-47-49(65-53(59)44-40-36-32-26-24-22-20-18-16-14-12-10-8-6-4-2)48-64-66(60,61)63-46-45-54-50(55)41-37-33-29-27-28-30-34-38-42-51(56)57;/h17-20,49H,3-16,21-48H2,1-2H3,(H,54,55)(H,56,57)(H,60,61);/q;+1. The summed E-state index contributed by atoms with van der Waals surface area (Å²) in [5.41, 5.74) is 0. The molecule has 67 heavy (non-hydrogen) atoms. The number of nitrogens with one attached hydrogen (secondary N) is 1. The molecule has 14 heteroatoms. The number of unbranched alkanes of at least 4 members (excludes halogenated alkanes) is 29. The largest absolute Gasteiger partial charge is 1.00 e. The minimum Gasteiger partial charge on any atom is -0.481 e. The first-order valence-electron chi connectivity index (χ1n) is 26.8. The van der Waals surface area contributed by atoms with Crippen molar-refractivity contribution in [2.45, 2.75) is 264 Å². The van der Waals surface area contributed by atoms with E-state index >= 15 is 0 Å². The number of amides is 1. The third-order valence-corrected chi connectivity index (χ3v) is 12.6. The number of rotatable bonds is 51. The van der Waals surface area contributed by atoms with Crippen molar-refractivity contribution in [3.8, 4) is 0 Å². The van der Waals surface area contributed by atoms with Crippen molar-refractivity contribution in [2.24, 2.45) is 0 Å². The molecule has 12 nitrogen and oxygen atoms in total. The van der Waals surface area contributed by atoms with Crippen LogP contribution < -0.4 is 34.9 Å². The molecule has 0 spiro atoms. The van der Waals surface area contributed by atoms with E-state index in [9.17, 15) is 28.6 Å². The van der Waals surface area contributed by atoms with E-state index in [0.29, 0.717) is 25.7 Å². The summed E-state index contributed by atoms with van der Waals surface area (Å²) in [6, 6.07) is 0. The number of hydrogen-bond acceptors (Lipinski definition) is 9. The van der Waals surface area contributed by atoms with Gasteiger partial charge in [-0.1, -0.05) is 179 Å². The number of ether oxygens (including phenoxy) is 2. The molecule has 2 atom stereocenters. The zero-order chi connectivity index (χ0) is 48.4. The molecule has 0 bridgehead atoms. The molecular formula is C53H98NNaO11P+. The van der Waals surface area contributed by atoms with Gasteiger partial charge in [-0.2, -0.15) is 0 Å². The molecular weight excluding hydrogens is 881 g/mol. The van der Waals surface area contributed by atoms with Gasteiger partial charge in [-0.3, -0.25) is 28.2 Å². The molecule has 0 aromatic heterocycles. The predicted octanol–water partition coefficient (Wildman–Crippen LogP) is 11.8. The number of carboxylic acid groups (broad SMARTS) is 1. The number of phosphoric acid groups is 1. The van der Waals surface area contributed by atoms with Gasteiger partial charge in [0.25, 0.3) is 0 Å². The van der Waals surface area contributed by atoms with E-state index in [1.807, 2.05) is 0 Å². The van der Waals surface area contributed by atoms with Gasteiger partial charge in [-0.15, -0.1) is 0 Å². The Hall–Kier alpha value is -1.53. The van der Waals surface area contributed by atoms with Crippen LogP contribution in [0.25, 0.3) is 0 Å². The van der Waals surface area contributed by atoms with Crippen molar-refractivity contribution in [1.29, 1.82) is 0 Å². The summed E-state index contributed by atoms with van der Waals surface area (Å²) in [6.45, 7) is 3.45. The van der Waals surface area contributed by atoms with Crippen LogP contribution in [0.5, 0.6) is 0 Å². The fourth-order valence-corrected chi connectivity index (χ4v) is 8.33. The van der Waals surface area contributed by atoms with Gasteiger partial charge in [0.1, 0.15) is 6.61 Å². The Labute approximate surface area is 431 Å². The Morgan fingerprint density at radius 1 is 0.493 bits per heavy atom. The van der Waals surface area contributed by atoms with Gasteiger partial charge >= 0.3 is 55.3 Å². The smallest absolute Gasteiger partial charge is 0.481 e. The van der Waals surface area contributed by atoms with E-state index < -0.39 is 38.4 Å². The van der Waals surface area contributed by atoms with Crippen LogP contribution >= 0.6 is 7.82 Å². The van der Waals surface area contributed by atoms with Crippen LogP contribution in [0, 0.1) is 0 Å². The van der Waals surface area contributed by atoms with E-state index in [4.69, 9.17) is 23.6 Å². The van der Waals surface area contributed by atoms with Gasteiger partial charge in [-0.05, 0) is 77.0 Å². The van der Waals surface area contributed by atoms with Crippen molar-refractivity contribution >= 4 is 31.6 Å². The summed E-state index contributed by atoms with van der Waals surface area (Å²) in [7, 11) is -4.57. The van der Waals surface area contributed by atoms with Gasteiger partial charge < -0.3 is 24.8 Å². The van der Waals surface area contributed by atoms with E-state index in [-0.39, 0.29) is 74.5 Å². The Morgan fingerprint density at radius 2 is 0.866 bits per heavy atom. The molecule has 0 rings (SSSR count). The SMILES string of the molecule is CCCCCCCCC=CCCCCCCCC(=O)OCC(COP(=O)(O)OCCNC(=O)CCCCCCCCCCC(=O)O)OC(=O)CCCCCCCC=CCCCCCCCC.[Na+]. The molecule has 0 aromatic carbocycles. The van der Waals surface area contributed by atoms with E-state index in [1.165, 1.54) is 77.0 Å². The Balaban J connectivity index is 0. The number of carboxylic acids is 1. The van der Waals surface area contributed by atoms with Crippen LogP contribution in [-0.4, -0.2) is 66.3 Å².